The monoisotopic (exact) mass is 206 g/mol. The van der Waals surface area contributed by atoms with Gasteiger partial charge in [0, 0.05) is 9.75 Å². The van der Waals surface area contributed by atoms with E-state index in [1.54, 1.807) is 22.7 Å². The molecule has 66 valence electrons. The van der Waals surface area contributed by atoms with Crippen LogP contribution in [0, 0.1) is 0 Å². The summed E-state index contributed by atoms with van der Waals surface area (Å²) in [6.45, 7) is 2.16. The summed E-state index contributed by atoms with van der Waals surface area (Å²) in [4.78, 5) is 2.68. The smallest absolute Gasteiger partial charge is 0.0299 e. The Kier molecular flexibility index (Phi) is 2.62. The van der Waals surface area contributed by atoms with Crippen molar-refractivity contribution in [2.75, 3.05) is 0 Å². The Balaban J connectivity index is 2.27. The molecule has 0 aromatic carbocycles. The summed E-state index contributed by atoms with van der Waals surface area (Å²) in [5, 5.41) is 4.22. The highest BCUT2D eigenvalue weighted by Crippen LogP contribution is 2.23. The van der Waals surface area contributed by atoms with Crippen molar-refractivity contribution in [1.29, 1.82) is 0 Å². The lowest BCUT2D eigenvalue weighted by Crippen LogP contribution is -1.69. The topological polar surface area (TPSA) is 0 Å². The van der Waals surface area contributed by atoms with Gasteiger partial charge in [0.05, 0.1) is 0 Å². The van der Waals surface area contributed by atoms with E-state index in [-0.39, 0.29) is 0 Å². The lowest BCUT2D eigenvalue weighted by Gasteiger charge is -1.94. The van der Waals surface area contributed by atoms with Gasteiger partial charge in [-0.15, -0.1) is 22.7 Å². The third kappa shape index (κ3) is 2.08. The minimum atomic E-state index is 1.32. The average molecular weight is 206 g/mol. The molecule has 0 N–H and O–H groups in total. The van der Waals surface area contributed by atoms with E-state index in [1.165, 1.54) is 15.3 Å². The Morgan fingerprint density at radius 2 is 1.92 bits per heavy atom. The molecule has 0 nitrogen and oxygen atoms in total. The second-order valence-electron chi connectivity index (χ2n) is 2.82. The van der Waals surface area contributed by atoms with E-state index in [0.29, 0.717) is 0 Å². The molecule has 2 aromatic heterocycles. The van der Waals surface area contributed by atoms with Gasteiger partial charge in [-0.05, 0) is 41.5 Å². The van der Waals surface area contributed by atoms with Crippen LogP contribution in [0.2, 0.25) is 0 Å². The van der Waals surface area contributed by atoms with Crippen LogP contribution in [0.1, 0.15) is 16.7 Å². The molecule has 0 aliphatic heterocycles. The molecule has 2 aromatic rings. The summed E-state index contributed by atoms with van der Waals surface area (Å²) in [6.07, 6.45) is 2.23. The van der Waals surface area contributed by atoms with Crippen molar-refractivity contribution >= 4 is 34.3 Å². The van der Waals surface area contributed by atoms with Crippen molar-refractivity contribution in [2.45, 2.75) is 6.92 Å². The van der Waals surface area contributed by atoms with Crippen LogP contribution in [0.5, 0.6) is 0 Å². The third-order valence-electron chi connectivity index (χ3n) is 1.81. The number of thiophene rings is 2. The maximum atomic E-state index is 2.23. The van der Waals surface area contributed by atoms with E-state index in [9.17, 15) is 0 Å². The molecule has 0 fully saturated rings. The number of hydrogen-bond donors (Lipinski definition) is 0. The molecule has 0 saturated carbocycles. The van der Waals surface area contributed by atoms with Gasteiger partial charge in [-0.2, -0.15) is 0 Å². The molecule has 0 unspecified atom stereocenters. The molecule has 0 spiro atoms. The summed E-state index contributed by atoms with van der Waals surface area (Å²) < 4.78 is 0. The Labute approximate surface area is 86.2 Å². The minimum absolute atomic E-state index is 1.32. The molecule has 0 bridgehead atoms. The van der Waals surface area contributed by atoms with Gasteiger partial charge in [0.25, 0.3) is 0 Å². The largest absolute Gasteiger partial charge is 0.144 e. The maximum Gasteiger partial charge on any atom is 0.0299 e. The van der Waals surface area contributed by atoms with Crippen molar-refractivity contribution in [3.63, 3.8) is 0 Å². The first-order chi connectivity index (χ1) is 6.36. The van der Waals surface area contributed by atoms with Crippen molar-refractivity contribution < 1.29 is 0 Å². The summed E-state index contributed by atoms with van der Waals surface area (Å²) in [7, 11) is 0. The van der Waals surface area contributed by atoms with Gasteiger partial charge < -0.3 is 0 Å². The summed E-state index contributed by atoms with van der Waals surface area (Å²) in [6, 6.07) is 8.47. The molecule has 2 heteroatoms. The molecular formula is C11H10S2. The van der Waals surface area contributed by atoms with Crippen molar-refractivity contribution in [2.24, 2.45) is 0 Å². The van der Waals surface area contributed by atoms with Gasteiger partial charge in [0.2, 0.25) is 0 Å². The van der Waals surface area contributed by atoms with Crippen LogP contribution in [-0.4, -0.2) is 0 Å². The van der Waals surface area contributed by atoms with Gasteiger partial charge >= 0.3 is 0 Å². The van der Waals surface area contributed by atoms with E-state index in [0.717, 1.165) is 0 Å². The Morgan fingerprint density at radius 1 is 1.15 bits per heavy atom. The summed E-state index contributed by atoms with van der Waals surface area (Å²) in [5.41, 5.74) is 1.34. The lowest BCUT2D eigenvalue weighted by atomic mass is 10.2. The molecule has 2 rings (SSSR count). The van der Waals surface area contributed by atoms with E-state index in [1.807, 2.05) is 0 Å². The van der Waals surface area contributed by atoms with Crippen LogP contribution in [0.25, 0.3) is 11.6 Å². The van der Waals surface area contributed by atoms with Gasteiger partial charge in [0.15, 0.2) is 0 Å². The van der Waals surface area contributed by atoms with Crippen LogP contribution in [-0.2, 0) is 0 Å². The van der Waals surface area contributed by atoms with E-state index in [2.05, 4.69) is 48.0 Å². The fourth-order valence-electron chi connectivity index (χ4n) is 1.16. The first-order valence-corrected chi connectivity index (χ1v) is 5.88. The molecule has 13 heavy (non-hydrogen) atoms. The zero-order valence-electron chi connectivity index (χ0n) is 7.36. The highest BCUT2D eigenvalue weighted by Gasteiger charge is 1.96. The van der Waals surface area contributed by atoms with Crippen LogP contribution in [0.4, 0.5) is 0 Å². The first-order valence-electron chi connectivity index (χ1n) is 4.12. The van der Waals surface area contributed by atoms with Crippen molar-refractivity contribution in [3.05, 3.63) is 44.8 Å². The standard InChI is InChI=1S/C11H10S2/c1-9(11-5-3-7-13-11)8-10-4-2-6-12-10/h2-8H,1H3/b9-8+. The predicted octanol–water partition coefficient (Wildman–Crippen LogP) is 4.37. The average Bonchev–Trinajstić information content (AvgIpc) is 2.74. The number of rotatable bonds is 2. The van der Waals surface area contributed by atoms with E-state index in [4.69, 9.17) is 0 Å². The summed E-state index contributed by atoms with van der Waals surface area (Å²) in [5.74, 6) is 0. The highest BCUT2D eigenvalue weighted by molar-refractivity contribution is 7.12. The van der Waals surface area contributed by atoms with Crippen LogP contribution >= 0.6 is 22.7 Å². The van der Waals surface area contributed by atoms with Gasteiger partial charge in [0.1, 0.15) is 0 Å². The summed E-state index contributed by atoms with van der Waals surface area (Å²) >= 11 is 3.57. The first kappa shape index (κ1) is 8.73. The highest BCUT2D eigenvalue weighted by atomic mass is 32.1. The van der Waals surface area contributed by atoms with Crippen molar-refractivity contribution in [3.8, 4) is 0 Å². The zero-order valence-corrected chi connectivity index (χ0v) is 8.99. The fourth-order valence-corrected chi connectivity index (χ4v) is 2.58. The minimum Gasteiger partial charge on any atom is -0.144 e. The lowest BCUT2D eigenvalue weighted by molar-refractivity contribution is 1.74. The van der Waals surface area contributed by atoms with E-state index >= 15 is 0 Å². The van der Waals surface area contributed by atoms with Crippen LogP contribution < -0.4 is 0 Å². The molecular weight excluding hydrogens is 196 g/mol. The SMILES string of the molecule is C/C(=C\c1cccs1)c1cccs1. The normalized spacial score (nSPS) is 11.9. The number of allylic oxidation sites excluding steroid dienone is 1. The molecule has 0 aliphatic rings. The molecule has 0 aliphatic carbocycles. The van der Waals surface area contributed by atoms with Crippen LogP contribution in [0.3, 0.4) is 0 Å². The Morgan fingerprint density at radius 3 is 2.54 bits per heavy atom. The Bertz CT molecular complexity index is 380. The maximum absolute atomic E-state index is 2.23. The predicted molar refractivity (Wildman–Crippen MR) is 62.2 cm³/mol. The van der Waals surface area contributed by atoms with Crippen molar-refractivity contribution in [1.82, 2.24) is 0 Å². The molecule has 0 amide bonds. The van der Waals surface area contributed by atoms with Gasteiger partial charge in [-0.25, -0.2) is 0 Å². The molecule has 0 saturated heterocycles. The van der Waals surface area contributed by atoms with Crippen LogP contribution in [0.15, 0.2) is 35.0 Å². The van der Waals surface area contributed by atoms with E-state index < -0.39 is 0 Å². The fraction of sp³-hybridized carbons (Fsp3) is 0.0909. The Hall–Kier alpha value is -0.860. The number of hydrogen-bond acceptors (Lipinski definition) is 2. The molecule has 0 atom stereocenters. The zero-order chi connectivity index (χ0) is 9.10. The second-order valence-corrected chi connectivity index (χ2v) is 4.75. The van der Waals surface area contributed by atoms with Gasteiger partial charge in [-0.3, -0.25) is 0 Å². The second kappa shape index (κ2) is 3.90. The molecule has 2 heterocycles. The quantitative estimate of drug-likeness (QED) is 0.684. The molecule has 0 radical (unpaired) electrons. The third-order valence-corrected chi connectivity index (χ3v) is 3.64. The van der Waals surface area contributed by atoms with Gasteiger partial charge in [-0.1, -0.05) is 12.1 Å².